The predicted octanol–water partition coefficient (Wildman–Crippen LogP) is 2.17. The van der Waals surface area contributed by atoms with Gasteiger partial charge < -0.3 is 15.3 Å². The van der Waals surface area contributed by atoms with Gasteiger partial charge in [0.2, 0.25) is 0 Å². The Morgan fingerprint density at radius 3 is 2.55 bits per heavy atom. The zero-order valence-electron chi connectivity index (χ0n) is 12.1. The number of carbonyl (C=O) groups excluding carboxylic acids is 1. The Balaban J connectivity index is 1.72. The zero-order valence-corrected chi connectivity index (χ0v) is 12.1. The summed E-state index contributed by atoms with van der Waals surface area (Å²) < 4.78 is 0. The van der Waals surface area contributed by atoms with Crippen molar-refractivity contribution >= 4 is 6.03 Å². The summed E-state index contributed by atoms with van der Waals surface area (Å²) in [5, 5.41) is 12.5. The van der Waals surface area contributed by atoms with Crippen molar-refractivity contribution < 1.29 is 9.90 Å². The number of urea groups is 1. The van der Waals surface area contributed by atoms with E-state index in [0.717, 1.165) is 32.1 Å². The highest BCUT2D eigenvalue weighted by Crippen LogP contribution is 2.18. The molecule has 1 aromatic carbocycles. The van der Waals surface area contributed by atoms with Gasteiger partial charge in [0.05, 0.1) is 6.10 Å². The Labute approximate surface area is 120 Å². The number of rotatable bonds is 4. The van der Waals surface area contributed by atoms with Crippen LogP contribution in [0.2, 0.25) is 0 Å². The number of benzene rings is 1. The fraction of sp³-hybridized carbons (Fsp3) is 0.562. The van der Waals surface area contributed by atoms with Gasteiger partial charge in [0.15, 0.2) is 0 Å². The maximum absolute atomic E-state index is 12.1. The van der Waals surface area contributed by atoms with Crippen molar-refractivity contribution in [3.8, 4) is 0 Å². The number of likely N-dealkylation sites (N-methyl/N-ethyl adjacent to an activating group) is 1. The molecule has 0 aromatic heterocycles. The monoisotopic (exact) mass is 276 g/mol. The molecular weight excluding hydrogens is 252 g/mol. The lowest BCUT2D eigenvalue weighted by molar-refractivity contribution is 0.116. The van der Waals surface area contributed by atoms with E-state index in [1.165, 1.54) is 5.56 Å². The molecule has 0 aliphatic heterocycles. The minimum Gasteiger partial charge on any atom is -0.393 e. The van der Waals surface area contributed by atoms with Gasteiger partial charge in [-0.3, -0.25) is 0 Å². The van der Waals surface area contributed by atoms with Crippen LogP contribution in [0, 0.1) is 0 Å². The summed E-state index contributed by atoms with van der Waals surface area (Å²) in [4.78, 5) is 13.8. The fourth-order valence-corrected chi connectivity index (χ4v) is 2.55. The van der Waals surface area contributed by atoms with Crippen LogP contribution in [0.15, 0.2) is 30.3 Å². The molecular formula is C16H24N2O2. The molecule has 2 amide bonds. The average Bonchev–Trinajstić information content (AvgIpc) is 2.48. The topological polar surface area (TPSA) is 52.6 Å². The second-order valence-corrected chi connectivity index (χ2v) is 5.61. The summed E-state index contributed by atoms with van der Waals surface area (Å²) in [5.74, 6) is 0. The minimum atomic E-state index is -0.182. The van der Waals surface area contributed by atoms with Crippen LogP contribution in [-0.2, 0) is 6.42 Å². The Morgan fingerprint density at radius 2 is 1.90 bits per heavy atom. The lowest BCUT2D eigenvalue weighted by Gasteiger charge is -2.28. The van der Waals surface area contributed by atoms with Crippen molar-refractivity contribution in [2.45, 2.75) is 44.2 Å². The largest absolute Gasteiger partial charge is 0.393 e. The second kappa shape index (κ2) is 7.29. The van der Waals surface area contributed by atoms with E-state index in [1.807, 2.05) is 25.2 Å². The van der Waals surface area contributed by atoms with Crippen LogP contribution >= 0.6 is 0 Å². The van der Waals surface area contributed by atoms with E-state index in [9.17, 15) is 9.90 Å². The second-order valence-electron chi connectivity index (χ2n) is 5.61. The first kappa shape index (κ1) is 14.9. The molecule has 1 aliphatic carbocycles. The van der Waals surface area contributed by atoms with Crippen molar-refractivity contribution in [2.24, 2.45) is 0 Å². The van der Waals surface area contributed by atoms with Gasteiger partial charge in [0.25, 0.3) is 0 Å². The van der Waals surface area contributed by atoms with Gasteiger partial charge in [-0.15, -0.1) is 0 Å². The molecule has 110 valence electrons. The molecule has 20 heavy (non-hydrogen) atoms. The standard InChI is InChI=1S/C16H24N2O2/c1-18(12-11-13-5-3-2-4-6-13)16(20)17-14-7-9-15(19)10-8-14/h2-6,14-15,19H,7-12H2,1H3,(H,17,20). The van der Waals surface area contributed by atoms with Crippen molar-refractivity contribution in [1.82, 2.24) is 10.2 Å². The number of aliphatic hydroxyl groups excluding tert-OH is 1. The number of hydrogen-bond donors (Lipinski definition) is 2. The molecule has 0 radical (unpaired) electrons. The van der Waals surface area contributed by atoms with E-state index in [0.29, 0.717) is 6.54 Å². The SMILES string of the molecule is CN(CCc1ccccc1)C(=O)NC1CCC(O)CC1. The quantitative estimate of drug-likeness (QED) is 0.885. The molecule has 1 saturated carbocycles. The number of nitrogens with one attached hydrogen (secondary N) is 1. The van der Waals surface area contributed by atoms with Crippen molar-refractivity contribution in [3.63, 3.8) is 0 Å². The number of hydrogen-bond acceptors (Lipinski definition) is 2. The van der Waals surface area contributed by atoms with E-state index in [4.69, 9.17) is 0 Å². The molecule has 2 rings (SSSR count). The van der Waals surface area contributed by atoms with Gasteiger partial charge in [0, 0.05) is 19.6 Å². The Kier molecular flexibility index (Phi) is 5.41. The smallest absolute Gasteiger partial charge is 0.317 e. The van der Waals surface area contributed by atoms with Gasteiger partial charge in [-0.05, 0) is 37.7 Å². The van der Waals surface area contributed by atoms with Crippen molar-refractivity contribution in [1.29, 1.82) is 0 Å². The van der Waals surface area contributed by atoms with Gasteiger partial charge in [-0.25, -0.2) is 4.79 Å². The lowest BCUT2D eigenvalue weighted by Crippen LogP contribution is -2.45. The van der Waals surface area contributed by atoms with E-state index in [1.54, 1.807) is 4.90 Å². The molecule has 1 aromatic rings. The van der Waals surface area contributed by atoms with E-state index < -0.39 is 0 Å². The third-order valence-electron chi connectivity index (χ3n) is 3.95. The number of aliphatic hydroxyl groups is 1. The fourth-order valence-electron chi connectivity index (χ4n) is 2.55. The normalized spacial score (nSPS) is 22.3. The van der Waals surface area contributed by atoms with Crippen molar-refractivity contribution in [2.75, 3.05) is 13.6 Å². The summed E-state index contributed by atoms with van der Waals surface area (Å²) >= 11 is 0. The number of amides is 2. The van der Waals surface area contributed by atoms with Gasteiger partial charge >= 0.3 is 6.03 Å². The third-order valence-corrected chi connectivity index (χ3v) is 3.95. The van der Waals surface area contributed by atoms with Crippen LogP contribution in [0.4, 0.5) is 4.79 Å². The van der Waals surface area contributed by atoms with Crippen LogP contribution in [0.1, 0.15) is 31.2 Å². The first-order valence-corrected chi connectivity index (χ1v) is 7.39. The Bertz CT molecular complexity index is 414. The Morgan fingerprint density at radius 1 is 1.25 bits per heavy atom. The summed E-state index contributed by atoms with van der Waals surface area (Å²) in [6.45, 7) is 0.713. The van der Waals surface area contributed by atoms with Crippen LogP contribution in [0.5, 0.6) is 0 Å². The van der Waals surface area contributed by atoms with Crippen LogP contribution in [-0.4, -0.2) is 41.8 Å². The highest BCUT2D eigenvalue weighted by atomic mass is 16.3. The summed E-state index contributed by atoms with van der Waals surface area (Å²) in [6, 6.07) is 10.4. The van der Waals surface area contributed by atoms with E-state index >= 15 is 0 Å². The van der Waals surface area contributed by atoms with Crippen LogP contribution in [0.25, 0.3) is 0 Å². The van der Waals surface area contributed by atoms with Crippen LogP contribution in [0.3, 0.4) is 0 Å². The molecule has 0 atom stereocenters. The highest BCUT2D eigenvalue weighted by molar-refractivity contribution is 5.74. The third kappa shape index (κ3) is 4.53. The molecule has 1 fully saturated rings. The molecule has 4 heteroatoms. The molecule has 0 heterocycles. The predicted molar refractivity (Wildman–Crippen MR) is 79.6 cm³/mol. The maximum Gasteiger partial charge on any atom is 0.317 e. The number of carbonyl (C=O) groups is 1. The molecule has 0 spiro atoms. The van der Waals surface area contributed by atoms with Gasteiger partial charge in [0.1, 0.15) is 0 Å². The molecule has 0 saturated heterocycles. The summed E-state index contributed by atoms with van der Waals surface area (Å²) in [5.41, 5.74) is 1.24. The van der Waals surface area contributed by atoms with E-state index in [2.05, 4.69) is 17.4 Å². The number of nitrogens with zero attached hydrogens (tertiary/aromatic N) is 1. The molecule has 2 N–H and O–H groups in total. The van der Waals surface area contributed by atoms with Gasteiger partial charge in [-0.2, -0.15) is 0 Å². The molecule has 0 bridgehead atoms. The van der Waals surface area contributed by atoms with Gasteiger partial charge in [-0.1, -0.05) is 30.3 Å². The minimum absolute atomic E-state index is 0.0117. The molecule has 0 unspecified atom stereocenters. The summed E-state index contributed by atoms with van der Waals surface area (Å²) in [6.07, 6.45) is 4.02. The molecule has 1 aliphatic rings. The Hall–Kier alpha value is -1.55. The van der Waals surface area contributed by atoms with Crippen LogP contribution < -0.4 is 5.32 Å². The van der Waals surface area contributed by atoms with Crippen molar-refractivity contribution in [3.05, 3.63) is 35.9 Å². The first-order valence-electron chi connectivity index (χ1n) is 7.39. The highest BCUT2D eigenvalue weighted by Gasteiger charge is 2.21. The zero-order chi connectivity index (χ0) is 14.4. The average molecular weight is 276 g/mol. The van der Waals surface area contributed by atoms with E-state index in [-0.39, 0.29) is 18.2 Å². The maximum atomic E-state index is 12.1. The summed E-state index contributed by atoms with van der Waals surface area (Å²) in [7, 11) is 1.83. The lowest BCUT2D eigenvalue weighted by atomic mass is 9.93. The first-order chi connectivity index (χ1) is 9.65. The molecule has 4 nitrogen and oxygen atoms in total.